The average molecular weight is 742 g/mol. The van der Waals surface area contributed by atoms with E-state index in [1.54, 1.807) is 81.4 Å². The highest BCUT2D eigenvalue weighted by Gasteiger charge is 2.42. The van der Waals surface area contributed by atoms with Crippen LogP contribution < -0.4 is 10.1 Å². The molecule has 1 N–H and O–H groups in total. The molecule has 8 nitrogen and oxygen atoms in total. The quantitative estimate of drug-likeness (QED) is 0.242. The number of halogens is 3. The Labute approximate surface area is 302 Å². The Morgan fingerprint density at radius 1 is 0.765 bits per heavy atom. The van der Waals surface area contributed by atoms with E-state index in [2.05, 4.69) is 5.32 Å². The van der Waals surface area contributed by atoms with Gasteiger partial charge in [0.15, 0.2) is 0 Å². The maximum absolute atomic E-state index is 14.8. The summed E-state index contributed by atoms with van der Waals surface area (Å²) >= 11 is 0. The van der Waals surface area contributed by atoms with Gasteiger partial charge in [0.05, 0.1) is 29.5 Å². The molecule has 2 fully saturated rings. The molecule has 2 aliphatic carbocycles. The topological polar surface area (TPSA) is 92.3 Å². The van der Waals surface area contributed by atoms with Crippen LogP contribution in [0.15, 0.2) is 30.3 Å². The molecule has 0 aromatic heterocycles. The van der Waals surface area contributed by atoms with Gasteiger partial charge in [0.1, 0.15) is 16.9 Å². The maximum atomic E-state index is 14.8. The van der Waals surface area contributed by atoms with Crippen LogP contribution in [-0.4, -0.2) is 35.6 Å². The normalized spacial score (nSPS) is 21.3. The molecule has 1 amide bonds. The van der Waals surface area contributed by atoms with E-state index in [0.29, 0.717) is 11.5 Å². The summed E-state index contributed by atoms with van der Waals surface area (Å²) in [6.07, 6.45) is 4.05. The number of carbonyl (C=O) groups is 1. The smallest absolute Gasteiger partial charge is 0.475 e. The molecule has 0 spiro atoms. The van der Waals surface area contributed by atoms with Crippen molar-refractivity contribution in [3.63, 3.8) is 0 Å². The van der Waals surface area contributed by atoms with Crippen LogP contribution in [0, 0.1) is 11.8 Å². The van der Waals surface area contributed by atoms with Crippen LogP contribution >= 0.6 is 7.82 Å². The fraction of sp³-hybridized carbons (Fsp3) is 0.718. The Balaban J connectivity index is 1.66. The number of hydrogen-bond donors (Lipinski definition) is 1. The van der Waals surface area contributed by atoms with Crippen molar-refractivity contribution in [3.05, 3.63) is 41.5 Å². The molecule has 1 atom stereocenters. The van der Waals surface area contributed by atoms with Gasteiger partial charge in [0.2, 0.25) is 0 Å². The number of fused-ring (bicyclic) bond motifs is 1. The van der Waals surface area contributed by atoms with Crippen molar-refractivity contribution in [1.82, 2.24) is 5.32 Å². The van der Waals surface area contributed by atoms with Gasteiger partial charge in [0, 0.05) is 0 Å². The van der Waals surface area contributed by atoms with Crippen molar-refractivity contribution in [1.29, 1.82) is 0 Å². The zero-order chi connectivity index (χ0) is 38.0. The van der Waals surface area contributed by atoms with E-state index in [-0.39, 0.29) is 22.6 Å². The number of ether oxygens (including phenoxy) is 2. The van der Waals surface area contributed by atoms with Crippen molar-refractivity contribution in [2.75, 3.05) is 6.61 Å². The summed E-state index contributed by atoms with van der Waals surface area (Å²) in [5, 5.41) is 3.05. The lowest BCUT2D eigenvalue weighted by molar-refractivity contribution is -0.138. The van der Waals surface area contributed by atoms with Gasteiger partial charge in [-0.2, -0.15) is 13.2 Å². The van der Waals surface area contributed by atoms with Crippen LogP contribution in [0.1, 0.15) is 138 Å². The Bertz CT molecular complexity index is 1530. The third-order valence-corrected chi connectivity index (χ3v) is 11.3. The van der Waals surface area contributed by atoms with Gasteiger partial charge >= 0.3 is 20.1 Å². The summed E-state index contributed by atoms with van der Waals surface area (Å²) in [5.74, 6) is 1.18. The van der Waals surface area contributed by atoms with Gasteiger partial charge in [-0.05, 0) is 135 Å². The Hall–Kier alpha value is -2.33. The predicted octanol–water partition coefficient (Wildman–Crippen LogP) is 11.9. The van der Waals surface area contributed by atoms with Crippen LogP contribution in [0.2, 0.25) is 0 Å². The van der Waals surface area contributed by atoms with Crippen molar-refractivity contribution in [2.45, 2.75) is 162 Å². The van der Waals surface area contributed by atoms with Gasteiger partial charge in [-0.3, -0.25) is 13.6 Å². The summed E-state index contributed by atoms with van der Waals surface area (Å²) in [5.41, 5.74) is -4.56. The second-order valence-electron chi connectivity index (χ2n) is 17.5. The summed E-state index contributed by atoms with van der Waals surface area (Å²) in [6.45, 7) is 16.5. The minimum absolute atomic E-state index is 0.0296. The van der Waals surface area contributed by atoms with Crippen LogP contribution in [0.3, 0.4) is 0 Å². The summed E-state index contributed by atoms with van der Waals surface area (Å²) < 4.78 is 87.5. The van der Waals surface area contributed by atoms with Crippen LogP contribution in [0.5, 0.6) is 5.75 Å². The SMILES string of the molecule is CC(C)(C)OC(=O)N[C@@](C)(COP(=O)(OC(C)(C)C)OC(C)(C)C)c1ccc2c(C(F)(F)F)c(OC3CCC(C4CCCCC4)CC3)ccc2c1. The number of phosphoric acid groups is 1. The highest BCUT2D eigenvalue weighted by atomic mass is 31.2. The number of rotatable bonds is 10. The van der Waals surface area contributed by atoms with E-state index in [0.717, 1.165) is 31.6 Å². The monoisotopic (exact) mass is 741 g/mol. The lowest BCUT2D eigenvalue weighted by Gasteiger charge is -2.36. The lowest BCUT2D eigenvalue weighted by Crippen LogP contribution is -2.48. The van der Waals surface area contributed by atoms with Gasteiger partial charge in [-0.15, -0.1) is 0 Å². The Morgan fingerprint density at radius 3 is 1.86 bits per heavy atom. The largest absolute Gasteiger partial charge is 0.490 e. The Kier molecular flexibility index (Phi) is 12.6. The highest BCUT2D eigenvalue weighted by molar-refractivity contribution is 7.48. The van der Waals surface area contributed by atoms with Crippen molar-refractivity contribution in [3.8, 4) is 5.75 Å². The molecule has 2 saturated carbocycles. The number of nitrogens with one attached hydrogen (secondary N) is 1. The molecule has 0 saturated heterocycles. The molecule has 12 heteroatoms. The highest BCUT2D eigenvalue weighted by Crippen LogP contribution is 2.56. The number of hydrogen-bond acceptors (Lipinski definition) is 7. The molecule has 2 aromatic rings. The second-order valence-corrected chi connectivity index (χ2v) is 19.0. The number of alkyl carbamates (subject to hydrolysis) is 1. The molecule has 0 heterocycles. The van der Waals surface area contributed by atoms with Crippen LogP contribution in [0.4, 0.5) is 18.0 Å². The minimum atomic E-state index is -4.68. The first-order chi connectivity index (χ1) is 23.3. The number of alkyl halides is 3. The average Bonchev–Trinajstić information content (AvgIpc) is 2.97. The standard InChI is InChI=1S/C39H59F3NO7P/c1-35(2,3)48-34(44)43-38(10,25-46-51(45,49-36(4,5)6)50-37(7,8)9)29-19-22-31-28(24-29)18-23-32(33(31)39(40,41)42)47-30-20-16-27(17-21-30)26-14-12-11-13-15-26/h18-19,22-24,26-27,30H,11-17,20-21,25H2,1-10H3,(H,43,44)/t27?,30?,38-/m0/s1. The summed E-state index contributed by atoms with van der Waals surface area (Å²) in [6, 6.07) is 7.43. The number of benzene rings is 2. The minimum Gasteiger partial charge on any atom is -0.490 e. The van der Waals surface area contributed by atoms with Crippen molar-refractivity contribution >= 4 is 24.7 Å². The summed E-state index contributed by atoms with van der Waals surface area (Å²) in [4.78, 5) is 13.1. The first-order valence-electron chi connectivity index (χ1n) is 18.3. The molecular weight excluding hydrogens is 682 g/mol. The molecule has 0 aliphatic heterocycles. The molecular formula is C39H59F3NO7P. The third-order valence-electron chi connectivity index (χ3n) is 9.29. The van der Waals surface area contributed by atoms with E-state index in [9.17, 15) is 22.5 Å². The second kappa shape index (κ2) is 15.6. The maximum Gasteiger partial charge on any atom is 0.475 e. The zero-order valence-electron chi connectivity index (χ0n) is 32.1. The van der Waals surface area contributed by atoms with E-state index in [1.807, 2.05) is 0 Å². The fourth-order valence-electron chi connectivity index (χ4n) is 7.18. The van der Waals surface area contributed by atoms with Gasteiger partial charge in [-0.25, -0.2) is 9.36 Å². The van der Waals surface area contributed by atoms with Crippen LogP contribution in [0.25, 0.3) is 10.8 Å². The lowest BCUT2D eigenvalue weighted by atomic mass is 9.73. The van der Waals surface area contributed by atoms with Crippen LogP contribution in [-0.2, 0) is 34.6 Å². The number of phosphoric ester groups is 1. The van der Waals surface area contributed by atoms with E-state index in [4.69, 9.17) is 23.0 Å². The van der Waals surface area contributed by atoms with Crippen molar-refractivity contribution < 1.29 is 45.6 Å². The van der Waals surface area contributed by atoms with Gasteiger partial charge in [0.25, 0.3) is 0 Å². The zero-order valence-corrected chi connectivity index (χ0v) is 33.0. The predicted molar refractivity (Wildman–Crippen MR) is 194 cm³/mol. The molecule has 0 radical (unpaired) electrons. The first kappa shape index (κ1) is 41.4. The molecule has 51 heavy (non-hydrogen) atoms. The molecule has 4 rings (SSSR count). The third kappa shape index (κ3) is 12.1. The molecule has 2 aliphatic rings. The van der Waals surface area contributed by atoms with E-state index >= 15 is 0 Å². The van der Waals surface area contributed by atoms with E-state index in [1.165, 1.54) is 50.3 Å². The Morgan fingerprint density at radius 2 is 1.33 bits per heavy atom. The van der Waals surface area contributed by atoms with Gasteiger partial charge < -0.3 is 14.8 Å². The number of amides is 1. The molecule has 288 valence electrons. The fourth-order valence-corrected chi connectivity index (χ4v) is 9.08. The number of carbonyl (C=O) groups excluding carboxylic acids is 1. The first-order valence-corrected chi connectivity index (χ1v) is 19.8. The van der Waals surface area contributed by atoms with E-state index < -0.39 is 54.6 Å². The van der Waals surface area contributed by atoms with Crippen molar-refractivity contribution in [2.24, 2.45) is 11.8 Å². The molecule has 0 unspecified atom stereocenters. The molecule has 0 bridgehead atoms. The molecule has 2 aromatic carbocycles. The van der Waals surface area contributed by atoms with Gasteiger partial charge in [-0.1, -0.05) is 50.3 Å². The summed E-state index contributed by atoms with van der Waals surface area (Å²) in [7, 11) is -4.24.